The number of amides is 1. The fraction of sp³-hybridized carbons (Fsp3) is 0.648. The number of hydrogen-bond acceptors (Lipinski definition) is 6. The van der Waals surface area contributed by atoms with Gasteiger partial charge in [0.15, 0.2) is 0 Å². The van der Waals surface area contributed by atoms with Gasteiger partial charge in [-0.15, -0.1) is 0 Å². The van der Waals surface area contributed by atoms with Crippen LogP contribution in [0.5, 0.6) is 11.5 Å². The summed E-state index contributed by atoms with van der Waals surface area (Å²) in [6.07, 6.45) is 18.0. The molecule has 0 saturated heterocycles. The maximum Gasteiger partial charge on any atom is 0.407 e. The lowest BCUT2D eigenvalue weighted by Gasteiger charge is -2.61. The molecule has 3 aromatic carbocycles. The summed E-state index contributed by atoms with van der Waals surface area (Å²) >= 11 is 0. The number of benzene rings is 3. The number of aliphatic hydroxyl groups is 1. The number of ether oxygens (including phenoxy) is 4. The summed E-state index contributed by atoms with van der Waals surface area (Å²) in [5, 5.41) is 13.9. The largest absolute Gasteiger partial charge is 0.497 e. The van der Waals surface area contributed by atoms with Crippen LogP contribution in [0.4, 0.5) is 4.79 Å². The number of alkyl carbamates (subject to hydrolysis) is 1. The molecule has 0 aliphatic heterocycles. The van der Waals surface area contributed by atoms with Gasteiger partial charge in [-0.25, -0.2) is 4.79 Å². The number of rotatable bonds is 19. The highest BCUT2D eigenvalue weighted by Crippen LogP contribution is 2.68. The highest BCUT2D eigenvalue weighted by atomic mass is 16.5. The number of fused-ring (bicyclic) bond motifs is 5. The summed E-state index contributed by atoms with van der Waals surface area (Å²) < 4.78 is 23.5. The third kappa shape index (κ3) is 9.83. The van der Waals surface area contributed by atoms with E-state index >= 15 is 0 Å². The quantitative estimate of drug-likeness (QED) is 0.117. The van der Waals surface area contributed by atoms with Crippen molar-refractivity contribution in [2.45, 2.75) is 136 Å². The summed E-state index contributed by atoms with van der Waals surface area (Å²) in [7, 11) is 3.32. The van der Waals surface area contributed by atoms with Crippen LogP contribution in [0.15, 0.2) is 78.9 Å². The van der Waals surface area contributed by atoms with E-state index in [2.05, 4.69) is 45.1 Å². The van der Waals surface area contributed by atoms with Crippen molar-refractivity contribution in [3.05, 3.63) is 95.6 Å². The average Bonchev–Trinajstić information content (AvgIpc) is 3.65. The molecule has 0 spiro atoms. The van der Waals surface area contributed by atoms with E-state index in [1.54, 1.807) is 14.2 Å². The first kappa shape index (κ1) is 45.5. The molecule has 7 rings (SSSR count). The maximum absolute atomic E-state index is 12.7. The van der Waals surface area contributed by atoms with Gasteiger partial charge in [0.25, 0.3) is 0 Å². The molecule has 4 saturated carbocycles. The van der Waals surface area contributed by atoms with Crippen LogP contribution in [0, 0.1) is 52.3 Å². The van der Waals surface area contributed by atoms with Gasteiger partial charge >= 0.3 is 6.09 Å². The van der Waals surface area contributed by atoms with Gasteiger partial charge in [0.05, 0.1) is 33.5 Å². The molecule has 0 radical (unpaired) electrons. The molecule has 61 heavy (non-hydrogen) atoms. The molecule has 334 valence electrons. The van der Waals surface area contributed by atoms with Crippen LogP contribution in [0.25, 0.3) is 0 Å². The number of aliphatic hydroxyl groups excluding tert-OH is 1. The van der Waals surface area contributed by atoms with Crippen LogP contribution in [0.1, 0.15) is 141 Å². The molecule has 0 heterocycles. The van der Waals surface area contributed by atoms with Crippen molar-refractivity contribution in [3.63, 3.8) is 0 Å². The predicted molar refractivity (Wildman–Crippen MR) is 245 cm³/mol. The number of hydrogen-bond donors (Lipinski definition) is 2. The van der Waals surface area contributed by atoms with Crippen LogP contribution < -0.4 is 14.8 Å². The summed E-state index contributed by atoms with van der Waals surface area (Å²) in [5.41, 5.74) is 3.05. The molecule has 3 unspecified atom stereocenters. The van der Waals surface area contributed by atoms with Crippen LogP contribution in [-0.4, -0.2) is 51.3 Å². The molecule has 7 nitrogen and oxygen atoms in total. The highest BCUT2D eigenvalue weighted by molar-refractivity contribution is 5.67. The van der Waals surface area contributed by atoms with Crippen molar-refractivity contribution < 1.29 is 28.8 Å². The van der Waals surface area contributed by atoms with Crippen molar-refractivity contribution in [2.24, 2.45) is 52.3 Å². The van der Waals surface area contributed by atoms with Crippen LogP contribution >= 0.6 is 0 Å². The van der Waals surface area contributed by atoms with Gasteiger partial charge in [-0.2, -0.15) is 0 Å². The van der Waals surface area contributed by atoms with Gasteiger partial charge in [-0.1, -0.05) is 108 Å². The SMILES string of the molecule is COc1ccc(C(OCCC(O)CCNC(=O)OCC(C)CCC[C@@H](C)[C@H]2CC[C@H]3[C@@H]4CCC5CCCC[C@]5(C)[C@H]4CC[C@]23C)(c2ccccc2)c2ccc(OC)cc2)cc1. The second-order valence-corrected chi connectivity index (χ2v) is 20.3. The zero-order chi connectivity index (χ0) is 43.0. The van der Waals surface area contributed by atoms with Crippen molar-refractivity contribution in [3.8, 4) is 11.5 Å². The van der Waals surface area contributed by atoms with Gasteiger partial charge in [-0.05, 0) is 164 Å². The Morgan fingerprint density at radius 1 is 0.738 bits per heavy atom. The molecule has 1 amide bonds. The third-order valence-corrected chi connectivity index (χ3v) is 16.9. The first-order valence-corrected chi connectivity index (χ1v) is 24.1. The van der Waals surface area contributed by atoms with E-state index in [4.69, 9.17) is 18.9 Å². The van der Waals surface area contributed by atoms with Crippen LogP contribution in [0.3, 0.4) is 0 Å². The molecule has 4 aliphatic rings. The molecule has 10 atom stereocenters. The van der Waals surface area contributed by atoms with Gasteiger partial charge in [0.1, 0.15) is 17.1 Å². The molecular formula is C54H77NO6. The van der Waals surface area contributed by atoms with Crippen LogP contribution in [-0.2, 0) is 15.1 Å². The molecule has 2 N–H and O–H groups in total. The predicted octanol–water partition coefficient (Wildman–Crippen LogP) is 12.4. The number of methoxy groups -OCH3 is 2. The average molecular weight is 836 g/mol. The third-order valence-electron chi connectivity index (χ3n) is 16.9. The minimum Gasteiger partial charge on any atom is -0.497 e. The second kappa shape index (κ2) is 20.3. The summed E-state index contributed by atoms with van der Waals surface area (Å²) in [4.78, 5) is 12.7. The van der Waals surface area contributed by atoms with Gasteiger partial charge in [0.2, 0.25) is 0 Å². The zero-order valence-corrected chi connectivity index (χ0v) is 38.3. The molecule has 0 bridgehead atoms. The number of carbonyl (C=O) groups excluding carboxylic acids is 1. The lowest BCUT2D eigenvalue weighted by atomic mass is 9.44. The maximum atomic E-state index is 12.7. The van der Waals surface area contributed by atoms with Crippen molar-refractivity contribution >= 4 is 6.09 Å². The zero-order valence-electron chi connectivity index (χ0n) is 38.3. The summed E-state index contributed by atoms with van der Waals surface area (Å²) in [5.74, 6) is 7.32. The minimum absolute atomic E-state index is 0.288. The van der Waals surface area contributed by atoms with Crippen molar-refractivity contribution in [1.82, 2.24) is 5.32 Å². The highest BCUT2D eigenvalue weighted by Gasteiger charge is 2.60. The van der Waals surface area contributed by atoms with Gasteiger partial charge < -0.3 is 29.4 Å². The van der Waals surface area contributed by atoms with Gasteiger partial charge in [0, 0.05) is 6.54 Å². The number of nitrogens with one attached hydrogen (secondary N) is 1. The Labute approximate surface area is 368 Å². The van der Waals surface area contributed by atoms with E-state index in [0.29, 0.717) is 42.7 Å². The smallest absolute Gasteiger partial charge is 0.407 e. The lowest BCUT2D eigenvalue weighted by Crippen LogP contribution is -2.53. The Morgan fingerprint density at radius 2 is 1.39 bits per heavy atom. The first-order chi connectivity index (χ1) is 29.5. The summed E-state index contributed by atoms with van der Waals surface area (Å²) in [6.45, 7) is 11.2. The summed E-state index contributed by atoms with van der Waals surface area (Å²) in [6, 6.07) is 26.0. The Bertz CT molecular complexity index is 1770. The lowest BCUT2D eigenvalue weighted by molar-refractivity contribution is -0.114. The minimum atomic E-state index is -0.945. The Kier molecular flexibility index (Phi) is 15.1. The van der Waals surface area contributed by atoms with E-state index in [9.17, 15) is 9.90 Å². The molecule has 3 aromatic rings. The van der Waals surface area contributed by atoms with E-state index in [1.807, 2.05) is 66.7 Å². The van der Waals surface area contributed by atoms with E-state index in [-0.39, 0.29) is 6.61 Å². The van der Waals surface area contributed by atoms with E-state index in [0.717, 1.165) is 70.1 Å². The van der Waals surface area contributed by atoms with E-state index in [1.165, 1.54) is 77.0 Å². The monoisotopic (exact) mass is 836 g/mol. The van der Waals surface area contributed by atoms with Crippen molar-refractivity contribution in [2.75, 3.05) is 34.0 Å². The second-order valence-electron chi connectivity index (χ2n) is 20.3. The number of carbonyl (C=O) groups is 1. The Hall–Kier alpha value is -3.55. The molecule has 4 aliphatic carbocycles. The standard InChI is InChI=1S/C54H77NO6/c1-38(13-12-14-39(2)48-28-29-49-47-27-22-40-15-10-11-33-52(40,3)50(47)30-34-53(48,49)4)37-60-51(57)55-35-31-44(56)32-36-61-54(41-16-8-7-9-17-41,42-18-23-45(58-5)24-19-42)43-20-25-46(59-6)26-21-43/h7-9,16-21,23-26,38-40,44,47-50,56H,10-15,22,27-37H2,1-6H3,(H,55,57)/t38?,39-,40?,44?,47+,48-,49+,50+,52+,53-/m1/s1. The molecular weight excluding hydrogens is 759 g/mol. The topological polar surface area (TPSA) is 86.2 Å². The van der Waals surface area contributed by atoms with Gasteiger partial charge in [-0.3, -0.25) is 0 Å². The Morgan fingerprint density at radius 3 is 2.07 bits per heavy atom. The molecule has 7 heteroatoms. The normalized spacial score (nSPS) is 28.7. The fourth-order valence-electron chi connectivity index (χ4n) is 13.5. The van der Waals surface area contributed by atoms with Crippen LogP contribution in [0.2, 0.25) is 0 Å². The van der Waals surface area contributed by atoms with E-state index < -0.39 is 17.8 Å². The molecule has 0 aromatic heterocycles. The van der Waals surface area contributed by atoms with Crippen molar-refractivity contribution in [1.29, 1.82) is 0 Å². The Balaban J connectivity index is 0.831. The fourth-order valence-corrected chi connectivity index (χ4v) is 13.5. The first-order valence-electron chi connectivity index (χ1n) is 24.1. The molecule has 4 fully saturated rings.